The van der Waals surface area contributed by atoms with Crippen LogP contribution >= 0.6 is 0 Å². The second kappa shape index (κ2) is 5.88. The van der Waals surface area contributed by atoms with E-state index in [2.05, 4.69) is 0 Å². The lowest BCUT2D eigenvalue weighted by atomic mass is 10.1. The molecule has 0 aliphatic heterocycles. The molecule has 0 aromatic heterocycles. The first kappa shape index (κ1) is 14.9. The fourth-order valence-electron chi connectivity index (χ4n) is 1.88. The van der Waals surface area contributed by atoms with Gasteiger partial charge >= 0.3 is 0 Å². The molecule has 21 heavy (non-hydrogen) atoms. The molecule has 6 heteroatoms. The van der Waals surface area contributed by atoms with E-state index in [1.165, 1.54) is 37.3 Å². The lowest BCUT2D eigenvalue weighted by Crippen LogP contribution is -1.96. The van der Waals surface area contributed by atoms with Crippen molar-refractivity contribution in [3.8, 4) is 11.5 Å². The van der Waals surface area contributed by atoms with E-state index in [9.17, 15) is 19.6 Å². The highest BCUT2D eigenvalue weighted by molar-refractivity contribution is 5.45. The quantitative estimate of drug-likeness (QED) is 0.685. The van der Waals surface area contributed by atoms with Gasteiger partial charge < -0.3 is 9.84 Å². The maximum absolute atomic E-state index is 13.9. The maximum Gasteiger partial charge on any atom is 0.272 e. The molecule has 0 bridgehead atoms. The fraction of sp³-hybridized carbons (Fsp3) is 0.200. The molecule has 2 rings (SSSR count). The Bertz CT molecular complexity index is 685. The summed E-state index contributed by atoms with van der Waals surface area (Å²) in [7, 11) is 0. The van der Waals surface area contributed by atoms with E-state index in [4.69, 9.17) is 4.74 Å². The first-order valence-electron chi connectivity index (χ1n) is 6.29. The zero-order valence-corrected chi connectivity index (χ0v) is 11.5. The van der Waals surface area contributed by atoms with Gasteiger partial charge in [-0.3, -0.25) is 10.1 Å². The smallest absolute Gasteiger partial charge is 0.272 e. The zero-order valence-electron chi connectivity index (χ0n) is 11.5. The van der Waals surface area contributed by atoms with Gasteiger partial charge in [-0.15, -0.1) is 0 Å². The monoisotopic (exact) mass is 291 g/mol. The number of aryl methyl sites for hydroxylation is 1. The Morgan fingerprint density at radius 2 is 2.00 bits per heavy atom. The molecule has 2 aromatic rings. The van der Waals surface area contributed by atoms with Crippen molar-refractivity contribution >= 4 is 5.69 Å². The number of ether oxygens (including phenoxy) is 1. The van der Waals surface area contributed by atoms with Crippen molar-refractivity contribution < 1.29 is 19.2 Å². The van der Waals surface area contributed by atoms with Crippen molar-refractivity contribution in [2.75, 3.05) is 0 Å². The molecule has 0 aliphatic rings. The van der Waals surface area contributed by atoms with Gasteiger partial charge in [0.05, 0.1) is 11.0 Å². The van der Waals surface area contributed by atoms with Crippen molar-refractivity contribution in [1.29, 1.82) is 0 Å². The Balaban J connectivity index is 2.26. The summed E-state index contributed by atoms with van der Waals surface area (Å²) in [5, 5.41) is 20.1. The minimum Gasteiger partial charge on any atom is -0.454 e. The van der Waals surface area contributed by atoms with Gasteiger partial charge in [0, 0.05) is 11.6 Å². The molecule has 1 atom stereocenters. The van der Waals surface area contributed by atoms with Gasteiger partial charge in [-0.1, -0.05) is 6.07 Å². The average molecular weight is 291 g/mol. The largest absolute Gasteiger partial charge is 0.454 e. The third-order valence-electron chi connectivity index (χ3n) is 3.03. The molecule has 2 aromatic carbocycles. The summed E-state index contributed by atoms with van der Waals surface area (Å²) in [5.41, 5.74) is 0.852. The predicted molar refractivity (Wildman–Crippen MR) is 74.9 cm³/mol. The standard InChI is InChI=1S/C15H14FNO4/c1-9-7-12(4-5-14(9)17(19)20)21-15-6-3-11(10(2)18)8-13(15)16/h3-8,10,18H,1-2H3/t10-/m1/s1. The predicted octanol–water partition coefficient (Wildman–Crippen LogP) is 3.89. The van der Waals surface area contributed by atoms with E-state index in [1.807, 2.05) is 0 Å². The molecule has 1 N–H and O–H groups in total. The second-order valence-corrected chi connectivity index (χ2v) is 4.67. The van der Waals surface area contributed by atoms with Gasteiger partial charge in [-0.05, 0) is 43.7 Å². The van der Waals surface area contributed by atoms with Crippen molar-refractivity contribution in [2.24, 2.45) is 0 Å². The van der Waals surface area contributed by atoms with E-state index >= 15 is 0 Å². The summed E-state index contributed by atoms with van der Waals surface area (Å²) >= 11 is 0. The highest BCUT2D eigenvalue weighted by Gasteiger charge is 2.13. The molecule has 0 saturated carbocycles. The molecule has 0 radical (unpaired) electrons. The number of nitro benzene ring substituents is 1. The highest BCUT2D eigenvalue weighted by Crippen LogP contribution is 2.29. The molecule has 0 aliphatic carbocycles. The topological polar surface area (TPSA) is 72.6 Å². The third kappa shape index (κ3) is 3.35. The number of nitro groups is 1. The summed E-state index contributed by atoms with van der Waals surface area (Å²) in [6.45, 7) is 3.12. The molecular formula is C15H14FNO4. The Morgan fingerprint density at radius 3 is 2.52 bits per heavy atom. The number of hydrogen-bond donors (Lipinski definition) is 1. The summed E-state index contributed by atoms with van der Waals surface area (Å²) < 4.78 is 19.2. The highest BCUT2D eigenvalue weighted by atomic mass is 19.1. The van der Waals surface area contributed by atoms with Crippen LogP contribution in [0.25, 0.3) is 0 Å². The summed E-state index contributed by atoms with van der Waals surface area (Å²) in [6, 6.07) is 8.35. The first-order valence-corrected chi connectivity index (χ1v) is 6.29. The van der Waals surface area contributed by atoms with E-state index in [0.29, 0.717) is 16.9 Å². The molecule has 0 saturated heterocycles. The van der Waals surface area contributed by atoms with Gasteiger partial charge in [0.2, 0.25) is 0 Å². The van der Waals surface area contributed by atoms with E-state index < -0.39 is 16.8 Å². The van der Waals surface area contributed by atoms with Crippen LogP contribution in [0.4, 0.5) is 10.1 Å². The van der Waals surface area contributed by atoms with Gasteiger partial charge in [-0.2, -0.15) is 0 Å². The van der Waals surface area contributed by atoms with Crippen molar-refractivity contribution in [1.82, 2.24) is 0 Å². The van der Waals surface area contributed by atoms with Crippen molar-refractivity contribution in [3.05, 3.63) is 63.5 Å². The molecular weight excluding hydrogens is 277 g/mol. The number of nitrogens with zero attached hydrogens (tertiary/aromatic N) is 1. The number of hydrogen-bond acceptors (Lipinski definition) is 4. The van der Waals surface area contributed by atoms with Crippen LogP contribution in [0.5, 0.6) is 11.5 Å². The van der Waals surface area contributed by atoms with E-state index in [-0.39, 0.29) is 11.4 Å². The molecule has 0 unspecified atom stereocenters. The zero-order chi connectivity index (χ0) is 15.6. The van der Waals surface area contributed by atoms with Crippen LogP contribution in [0.3, 0.4) is 0 Å². The molecule has 0 spiro atoms. The Labute approximate surface area is 120 Å². The van der Waals surface area contributed by atoms with E-state index in [0.717, 1.165) is 0 Å². The molecule has 0 fully saturated rings. The van der Waals surface area contributed by atoms with Crippen LogP contribution in [-0.4, -0.2) is 10.0 Å². The van der Waals surface area contributed by atoms with Crippen LogP contribution < -0.4 is 4.74 Å². The van der Waals surface area contributed by atoms with Gasteiger partial charge in [0.1, 0.15) is 5.75 Å². The fourth-order valence-corrected chi connectivity index (χ4v) is 1.88. The first-order chi connectivity index (χ1) is 9.88. The average Bonchev–Trinajstić information content (AvgIpc) is 2.40. The Kier molecular flexibility index (Phi) is 4.18. The van der Waals surface area contributed by atoms with Crippen LogP contribution in [0.2, 0.25) is 0 Å². The van der Waals surface area contributed by atoms with Gasteiger partial charge in [-0.25, -0.2) is 4.39 Å². The molecule has 110 valence electrons. The normalized spacial score (nSPS) is 12.0. The molecule has 0 amide bonds. The van der Waals surface area contributed by atoms with Crippen molar-refractivity contribution in [2.45, 2.75) is 20.0 Å². The number of halogens is 1. The SMILES string of the molecule is Cc1cc(Oc2ccc([C@@H](C)O)cc2F)ccc1[N+](=O)[O-]. The number of benzene rings is 2. The van der Waals surface area contributed by atoms with Crippen LogP contribution in [0.15, 0.2) is 36.4 Å². The third-order valence-corrected chi connectivity index (χ3v) is 3.03. The van der Waals surface area contributed by atoms with Crippen LogP contribution in [0, 0.1) is 22.9 Å². The lowest BCUT2D eigenvalue weighted by molar-refractivity contribution is -0.385. The summed E-state index contributed by atoms with van der Waals surface area (Å²) in [6.07, 6.45) is -0.768. The maximum atomic E-state index is 13.9. The summed E-state index contributed by atoms with van der Waals surface area (Å²) in [4.78, 5) is 10.2. The van der Waals surface area contributed by atoms with Crippen LogP contribution in [-0.2, 0) is 0 Å². The van der Waals surface area contributed by atoms with E-state index in [1.54, 1.807) is 13.0 Å². The number of rotatable bonds is 4. The molecule has 5 nitrogen and oxygen atoms in total. The number of aliphatic hydroxyl groups excluding tert-OH is 1. The minimum atomic E-state index is -0.768. The lowest BCUT2D eigenvalue weighted by Gasteiger charge is -2.10. The summed E-state index contributed by atoms with van der Waals surface area (Å²) in [5.74, 6) is -0.307. The van der Waals surface area contributed by atoms with Crippen molar-refractivity contribution in [3.63, 3.8) is 0 Å². The number of aliphatic hydroxyl groups is 1. The van der Waals surface area contributed by atoms with Gasteiger partial charge in [0.15, 0.2) is 11.6 Å². The Hall–Kier alpha value is -2.47. The second-order valence-electron chi connectivity index (χ2n) is 4.67. The minimum absolute atomic E-state index is 0.00680. The Morgan fingerprint density at radius 1 is 1.29 bits per heavy atom. The van der Waals surface area contributed by atoms with Crippen LogP contribution in [0.1, 0.15) is 24.2 Å². The molecule has 0 heterocycles. The van der Waals surface area contributed by atoms with Gasteiger partial charge in [0.25, 0.3) is 5.69 Å².